The number of nitrogens with zero attached hydrogens (tertiary/aromatic N) is 1. The van der Waals surface area contributed by atoms with Gasteiger partial charge in [0.15, 0.2) is 0 Å². The van der Waals surface area contributed by atoms with Gasteiger partial charge in [0.05, 0.1) is 6.10 Å². The highest BCUT2D eigenvalue weighted by Gasteiger charge is 2.23. The number of likely N-dealkylation sites (N-methyl/N-ethyl adjacent to an activating group) is 1. The minimum atomic E-state index is -0.362. The lowest BCUT2D eigenvalue weighted by molar-refractivity contribution is 0.0914. The Labute approximate surface area is 130 Å². The second-order valence-corrected chi connectivity index (χ2v) is 6.88. The Morgan fingerprint density at radius 1 is 1.14 bits per heavy atom. The molecule has 1 aliphatic carbocycles. The zero-order valence-electron chi connectivity index (χ0n) is 13.9. The Kier molecular flexibility index (Phi) is 6.25. The summed E-state index contributed by atoms with van der Waals surface area (Å²) >= 11 is 0. The van der Waals surface area contributed by atoms with Crippen LogP contribution in [0.5, 0.6) is 0 Å². The van der Waals surface area contributed by atoms with E-state index in [0.29, 0.717) is 12.0 Å². The fourth-order valence-corrected chi connectivity index (χ4v) is 3.48. The summed E-state index contributed by atoms with van der Waals surface area (Å²) in [6, 6.07) is 9.23. The normalized spacial score (nSPS) is 17.8. The van der Waals surface area contributed by atoms with Crippen LogP contribution < -0.4 is 0 Å². The zero-order valence-corrected chi connectivity index (χ0v) is 13.9. The lowest BCUT2D eigenvalue weighted by Gasteiger charge is -2.29. The van der Waals surface area contributed by atoms with E-state index < -0.39 is 0 Å². The Hall–Kier alpha value is -0.860. The highest BCUT2D eigenvalue weighted by Crippen LogP contribution is 2.25. The topological polar surface area (TPSA) is 23.5 Å². The Balaban J connectivity index is 1.93. The molecule has 0 radical (unpaired) electrons. The van der Waals surface area contributed by atoms with Crippen LogP contribution in [-0.4, -0.2) is 29.1 Å². The van der Waals surface area contributed by atoms with E-state index in [2.05, 4.69) is 49.9 Å². The summed E-state index contributed by atoms with van der Waals surface area (Å²) in [4.78, 5) is 2.46. The number of aliphatic hydroxyl groups excluding tert-OH is 1. The molecule has 0 aromatic heterocycles. The zero-order chi connectivity index (χ0) is 15.2. The van der Waals surface area contributed by atoms with Crippen molar-refractivity contribution in [1.82, 2.24) is 4.90 Å². The molecule has 0 heterocycles. The van der Waals surface area contributed by atoms with Crippen molar-refractivity contribution in [3.63, 3.8) is 0 Å². The molecule has 2 heteroatoms. The van der Waals surface area contributed by atoms with Crippen molar-refractivity contribution < 1.29 is 5.11 Å². The summed E-state index contributed by atoms with van der Waals surface area (Å²) in [6.07, 6.45) is 6.04. The largest absolute Gasteiger partial charge is 0.387 e. The summed E-state index contributed by atoms with van der Waals surface area (Å²) in [7, 11) is 0. The smallest absolute Gasteiger partial charge is 0.0917 e. The molecular formula is C19H31NO. The van der Waals surface area contributed by atoms with Gasteiger partial charge in [0.2, 0.25) is 0 Å². The second-order valence-electron chi connectivity index (χ2n) is 6.88. The van der Waals surface area contributed by atoms with Crippen molar-refractivity contribution in [2.75, 3.05) is 13.1 Å². The van der Waals surface area contributed by atoms with Crippen LogP contribution in [0.15, 0.2) is 24.3 Å². The van der Waals surface area contributed by atoms with Crippen LogP contribution in [0.2, 0.25) is 0 Å². The Morgan fingerprint density at radius 2 is 1.76 bits per heavy atom. The molecule has 2 nitrogen and oxygen atoms in total. The van der Waals surface area contributed by atoms with Crippen LogP contribution >= 0.6 is 0 Å². The summed E-state index contributed by atoms with van der Waals surface area (Å²) in [6.45, 7) is 8.49. The molecule has 1 atom stereocenters. The molecule has 118 valence electrons. The van der Waals surface area contributed by atoms with E-state index in [1.54, 1.807) is 0 Å². The van der Waals surface area contributed by atoms with Gasteiger partial charge in [0, 0.05) is 12.6 Å². The standard InChI is InChI=1S/C19H31NO/c1-4-20(18-7-5-6-8-18)14-19(21)17-11-9-16(10-12-17)13-15(2)3/h9-12,15,18-19,21H,4-8,13-14H2,1-3H3. The van der Waals surface area contributed by atoms with Gasteiger partial charge in [0.1, 0.15) is 0 Å². The quantitative estimate of drug-likeness (QED) is 0.814. The van der Waals surface area contributed by atoms with Gasteiger partial charge >= 0.3 is 0 Å². The first-order valence-electron chi connectivity index (χ1n) is 8.61. The molecule has 1 aromatic carbocycles. The number of rotatable bonds is 7. The molecule has 0 spiro atoms. The minimum absolute atomic E-state index is 0.362. The second kappa shape index (κ2) is 7.95. The molecule has 1 aliphatic rings. The average Bonchev–Trinajstić information content (AvgIpc) is 2.98. The van der Waals surface area contributed by atoms with Crippen LogP contribution in [0.3, 0.4) is 0 Å². The lowest BCUT2D eigenvalue weighted by Crippen LogP contribution is -2.36. The molecule has 1 saturated carbocycles. The molecule has 0 amide bonds. The summed E-state index contributed by atoms with van der Waals surface area (Å²) in [5, 5.41) is 10.5. The van der Waals surface area contributed by atoms with Crippen LogP contribution in [0.4, 0.5) is 0 Å². The van der Waals surface area contributed by atoms with E-state index in [-0.39, 0.29) is 6.10 Å². The third kappa shape index (κ3) is 4.82. The van der Waals surface area contributed by atoms with Crippen molar-refractivity contribution in [3.05, 3.63) is 35.4 Å². The molecule has 1 fully saturated rings. The van der Waals surface area contributed by atoms with Crippen LogP contribution in [-0.2, 0) is 6.42 Å². The molecule has 21 heavy (non-hydrogen) atoms. The number of hydrogen-bond acceptors (Lipinski definition) is 2. The van der Waals surface area contributed by atoms with Gasteiger partial charge in [-0.1, -0.05) is 57.9 Å². The van der Waals surface area contributed by atoms with Crippen LogP contribution in [0.1, 0.15) is 63.7 Å². The molecule has 1 aromatic rings. The molecule has 2 rings (SSSR count). The van der Waals surface area contributed by atoms with Crippen molar-refractivity contribution >= 4 is 0 Å². The number of aliphatic hydroxyl groups is 1. The van der Waals surface area contributed by atoms with Gasteiger partial charge < -0.3 is 5.11 Å². The highest BCUT2D eigenvalue weighted by atomic mass is 16.3. The van der Waals surface area contributed by atoms with Crippen LogP contribution in [0, 0.1) is 5.92 Å². The van der Waals surface area contributed by atoms with Gasteiger partial charge in [-0.25, -0.2) is 0 Å². The number of hydrogen-bond donors (Lipinski definition) is 1. The summed E-state index contributed by atoms with van der Waals surface area (Å²) in [5.41, 5.74) is 2.42. The van der Waals surface area contributed by atoms with Crippen molar-refractivity contribution in [1.29, 1.82) is 0 Å². The van der Waals surface area contributed by atoms with E-state index in [0.717, 1.165) is 25.1 Å². The van der Waals surface area contributed by atoms with Crippen molar-refractivity contribution in [2.45, 2.75) is 65.0 Å². The monoisotopic (exact) mass is 289 g/mol. The van der Waals surface area contributed by atoms with Gasteiger partial charge in [-0.3, -0.25) is 4.90 Å². The average molecular weight is 289 g/mol. The maximum Gasteiger partial charge on any atom is 0.0917 e. The summed E-state index contributed by atoms with van der Waals surface area (Å²) < 4.78 is 0. The van der Waals surface area contributed by atoms with Crippen molar-refractivity contribution in [2.24, 2.45) is 5.92 Å². The van der Waals surface area contributed by atoms with Gasteiger partial charge in [-0.15, -0.1) is 0 Å². The fourth-order valence-electron chi connectivity index (χ4n) is 3.48. The fraction of sp³-hybridized carbons (Fsp3) is 0.684. The van der Waals surface area contributed by atoms with E-state index >= 15 is 0 Å². The van der Waals surface area contributed by atoms with E-state index in [9.17, 15) is 5.11 Å². The molecule has 1 unspecified atom stereocenters. The molecule has 0 saturated heterocycles. The molecule has 1 N–H and O–H groups in total. The number of benzene rings is 1. The first-order valence-corrected chi connectivity index (χ1v) is 8.61. The molecule has 0 aliphatic heterocycles. The Bertz CT molecular complexity index is 406. The molecule has 0 bridgehead atoms. The van der Waals surface area contributed by atoms with Crippen molar-refractivity contribution in [3.8, 4) is 0 Å². The molecular weight excluding hydrogens is 258 g/mol. The van der Waals surface area contributed by atoms with Crippen LogP contribution in [0.25, 0.3) is 0 Å². The minimum Gasteiger partial charge on any atom is -0.387 e. The SMILES string of the molecule is CCN(CC(O)c1ccc(CC(C)C)cc1)C1CCCC1. The first-order chi connectivity index (χ1) is 10.1. The maximum atomic E-state index is 10.5. The Morgan fingerprint density at radius 3 is 2.29 bits per heavy atom. The van der Waals surface area contributed by atoms with Gasteiger partial charge in [-0.05, 0) is 42.9 Å². The third-order valence-corrected chi connectivity index (χ3v) is 4.66. The van der Waals surface area contributed by atoms with E-state index in [1.165, 1.54) is 31.2 Å². The highest BCUT2D eigenvalue weighted by molar-refractivity contribution is 5.24. The van der Waals surface area contributed by atoms with E-state index in [4.69, 9.17) is 0 Å². The van der Waals surface area contributed by atoms with Gasteiger partial charge in [-0.2, -0.15) is 0 Å². The first kappa shape index (κ1) is 16.5. The predicted molar refractivity (Wildman–Crippen MR) is 89.4 cm³/mol. The predicted octanol–water partition coefficient (Wildman–Crippen LogP) is 4.18. The third-order valence-electron chi connectivity index (χ3n) is 4.66. The maximum absolute atomic E-state index is 10.5. The summed E-state index contributed by atoms with van der Waals surface area (Å²) in [5.74, 6) is 0.679. The van der Waals surface area contributed by atoms with E-state index in [1.807, 2.05) is 0 Å². The van der Waals surface area contributed by atoms with Gasteiger partial charge in [0.25, 0.3) is 0 Å². The lowest BCUT2D eigenvalue weighted by atomic mass is 10.00.